The van der Waals surface area contributed by atoms with Crippen LogP contribution in [0, 0.1) is 18.8 Å². The number of pyridine rings is 1. The van der Waals surface area contributed by atoms with Crippen molar-refractivity contribution in [2.75, 3.05) is 29.9 Å². The molecular weight excluding hydrogens is 417 g/mol. The lowest BCUT2D eigenvalue weighted by Crippen LogP contribution is -2.48. The summed E-state index contributed by atoms with van der Waals surface area (Å²) in [6.45, 7) is 2.54. The van der Waals surface area contributed by atoms with E-state index in [2.05, 4.69) is 30.7 Å². The van der Waals surface area contributed by atoms with E-state index in [4.69, 9.17) is 4.74 Å². The lowest BCUT2D eigenvalue weighted by atomic mass is 9.92. The van der Waals surface area contributed by atoms with Crippen LogP contribution in [-0.4, -0.2) is 50.9 Å². The Balaban J connectivity index is 1.31. The number of aromatic nitrogens is 4. The van der Waals surface area contributed by atoms with Crippen LogP contribution in [-0.2, 0) is 0 Å². The number of piperidine rings is 1. The molecule has 0 spiro atoms. The summed E-state index contributed by atoms with van der Waals surface area (Å²) in [6.07, 6.45) is -0.497. The van der Waals surface area contributed by atoms with Crippen LogP contribution in [0.5, 0.6) is 5.75 Å². The molecule has 7 nitrogen and oxygen atoms in total. The molecule has 2 aliphatic rings. The van der Waals surface area contributed by atoms with E-state index in [0.29, 0.717) is 17.8 Å². The number of anilines is 2. The van der Waals surface area contributed by atoms with E-state index >= 15 is 0 Å². The monoisotopic (exact) mass is 438 g/mol. The number of hydrogen-bond donors (Lipinski definition) is 1. The highest BCUT2D eigenvalue weighted by Gasteiger charge is 2.43. The van der Waals surface area contributed by atoms with Gasteiger partial charge in [0.25, 0.3) is 0 Å². The second-order valence-corrected chi connectivity index (χ2v) is 8.74. The first-order chi connectivity index (χ1) is 14.4. The summed E-state index contributed by atoms with van der Waals surface area (Å²) in [5.41, 5.74) is 1.31. The molecule has 3 aromatic rings. The molecule has 4 heterocycles. The summed E-state index contributed by atoms with van der Waals surface area (Å²) in [4.78, 5) is 6.82. The number of alkyl halides is 3. The maximum absolute atomic E-state index is 12.5. The Morgan fingerprint density at radius 2 is 2.03 bits per heavy atom. The highest BCUT2D eigenvalue weighted by Crippen LogP contribution is 2.41. The van der Waals surface area contributed by atoms with Gasteiger partial charge >= 0.3 is 6.18 Å². The number of ether oxygens (including phenoxy) is 1. The van der Waals surface area contributed by atoms with Crippen molar-refractivity contribution in [1.82, 2.24) is 19.0 Å². The first-order valence-corrected chi connectivity index (χ1v) is 10.6. The van der Waals surface area contributed by atoms with Gasteiger partial charge in [-0.25, -0.2) is 4.52 Å². The van der Waals surface area contributed by atoms with Crippen LogP contribution in [0.15, 0.2) is 24.4 Å². The van der Waals surface area contributed by atoms with Gasteiger partial charge in [-0.2, -0.15) is 22.5 Å². The molecule has 1 saturated carbocycles. The van der Waals surface area contributed by atoms with Gasteiger partial charge in [-0.15, -0.1) is 5.10 Å². The van der Waals surface area contributed by atoms with E-state index in [9.17, 15) is 13.2 Å². The molecule has 1 saturated heterocycles. The molecule has 160 valence electrons. The minimum absolute atomic E-state index is 0.0636. The zero-order valence-electron chi connectivity index (χ0n) is 16.3. The fraction of sp³-hybridized carbons (Fsp3) is 0.526. The van der Waals surface area contributed by atoms with Crippen LogP contribution in [0.4, 0.5) is 24.1 Å². The molecule has 11 heteroatoms. The summed E-state index contributed by atoms with van der Waals surface area (Å²) in [5, 5.41) is 9.06. The van der Waals surface area contributed by atoms with Crippen LogP contribution in [0.2, 0.25) is 0 Å². The summed E-state index contributed by atoms with van der Waals surface area (Å²) >= 11 is 1.54. The molecular formula is C19H21F3N6OS. The molecule has 1 N–H and O–H groups in total. The van der Waals surface area contributed by atoms with E-state index in [0.717, 1.165) is 31.6 Å². The second-order valence-electron chi connectivity index (χ2n) is 7.96. The van der Waals surface area contributed by atoms with Crippen molar-refractivity contribution >= 4 is 28.1 Å². The molecule has 0 amide bonds. The van der Waals surface area contributed by atoms with Crippen LogP contribution in [0.1, 0.15) is 18.5 Å². The van der Waals surface area contributed by atoms with Gasteiger partial charge in [-0.1, -0.05) is 0 Å². The third kappa shape index (κ3) is 3.78. The highest BCUT2D eigenvalue weighted by atomic mass is 32.1. The molecule has 2 bridgehead atoms. The van der Waals surface area contributed by atoms with Crippen LogP contribution in [0.25, 0.3) is 5.65 Å². The fourth-order valence-electron chi connectivity index (χ4n) is 4.50. The van der Waals surface area contributed by atoms with Gasteiger partial charge in [0.05, 0.1) is 5.69 Å². The van der Waals surface area contributed by atoms with Gasteiger partial charge in [0.15, 0.2) is 18.0 Å². The number of nitrogens with one attached hydrogen (secondary N) is 1. The Morgan fingerprint density at radius 3 is 2.70 bits per heavy atom. The lowest BCUT2D eigenvalue weighted by molar-refractivity contribution is -0.153. The molecule has 0 aromatic carbocycles. The molecule has 3 atom stereocenters. The molecule has 1 aliphatic heterocycles. The average molecular weight is 438 g/mol. The van der Waals surface area contributed by atoms with Gasteiger partial charge < -0.3 is 15.0 Å². The zero-order valence-corrected chi connectivity index (χ0v) is 17.1. The van der Waals surface area contributed by atoms with Crippen molar-refractivity contribution in [2.45, 2.75) is 32.0 Å². The Kier molecular flexibility index (Phi) is 4.72. The summed E-state index contributed by atoms with van der Waals surface area (Å²) < 4.78 is 48.3. The topological polar surface area (TPSA) is 67.6 Å². The van der Waals surface area contributed by atoms with Gasteiger partial charge in [-0.3, -0.25) is 0 Å². The maximum Gasteiger partial charge on any atom is 0.422 e. The summed E-state index contributed by atoms with van der Waals surface area (Å²) in [7, 11) is 0. The van der Waals surface area contributed by atoms with Crippen LogP contribution in [0.3, 0.4) is 0 Å². The van der Waals surface area contributed by atoms with Gasteiger partial charge in [-0.05, 0) is 61.3 Å². The lowest BCUT2D eigenvalue weighted by Gasteiger charge is -2.38. The van der Waals surface area contributed by atoms with Crippen LogP contribution >= 0.6 is 11.5 Å². The van der Waals surface area contributed by atoms with Crippen molar-refractivity contribution in [3.05, 3.63) is 30.1 Å². The van der Waals surface area contributed by atoms with E-state index < -0.39 is 12.8 Å². The molecule has 3 aromatic heterocycles. The normalized spacial score (nSPS) is 23.9. The van der Waals surface area contributed by atoms with Crippen molar-refractivity contribution < 1.29 is 17.9 Å². The Bertz CT molecular complexity index is 1040. The maximum atomic E-state index is 12.5. The minimum Gasteiger partial charge on any atom is -0.480 e. The van der Waals surface area contributed by atoms with E-state index in [1.165, 1.54) is 27.1 Å². The first kappa shape index (κ1) is 19.4. The van der Waals surface area contributed by atoms with Crippen molar-refractivity contribution in [1.29, 1.82) is 0 Å². The SMILES string of the molecule is Cc1cc(N2CC3CC[C@@H](C2)C3Nc2nc3c(OCC(F)(F)F)cccn3n2)sn1. The standard InChI is InChI=1S/C19H21F3N6OS/c1-11-7-15(30-26-11)27-8-12-4-5-13(9-27)16(12)23-18-24-17-14(29-10-19(20,21)22)3-2-6-28(17)25-18/h2-3,6-7,12-13,16H,4-5,8-10H2,1H3,(H,23,25)/t12-,13?,16?/m0/s1. The molecule has 5 rings (SSSR count). The third-order valence-corrected chi connectivity index (χ3v) is 6.72. The Labute approximate surface area is 175 Å². The second kappa shape index (κ2) is 7.29. The van der Waals surface area contributed by atoms with Crippen LogP contribution < -0.4 is 15.0 Å². The molecule has 1 aliphatic carbocycles. The number of rotatable bonds is 5. The summed E-state index contributed by atoms with van der Waals surface area (Å²) in [6, 6.07) is 5.44. The van der Waals surface area contributed by atoms with Gasteiger partial charge in [0, 0.05) is 25.3 Å². The molecule has 2 fully saturated rings. The van der Waals surface area contributed by atoms with Crippen molar-refractivity contribution in [3.8, 4) is 5.75 Å². The molecule has 2 unspecified atom stereocenters. The van der Waals surface area contributed by atoms with E-state index in [1.807, 2.05) is 6.92 Å². The smallest absolute Gasteiger partial charge is 0.422 e. The third-order valence-electron chi connectivity index (χ3n) is 5.77. The predicted octanol–water partition coefficient (Wildman–Crippen LogP) is 3.76. The van der Waals surface area contributed by atoms with Gasteiger partial charge in [0.2, 0.25) is 5.95 Å². The molecule has 30 heavy (non-hydrogen) atoms. The minimum atomic E-state index is -4.41. The largest absolute Gasteiger partial charge is 0.480 e. The Morgan fingerprint density at radius 1 is 1.27 bits per heavy atom. The average Bonchev–Trinajstić information content (AvgIpc) is 3.36. The number of nitrogens with zero attached hydrogens (tertiary/aromatic N) is 5. The summed E-state index contributed by atoms with van der Waals surface area (Å²) in [5.74, 6) is 1.40. The van der Waals surface area contributed by atoms with E-state index in [-0.39, 0.29) is 17.4 Å². The molecule has 0 radical (unpaired) electrons. The number of hydrogen-bond acceptors (Lipinski definition) is 7. The van der Waals surface area contributed by atoms with E-state index in [1.54, 1.807) is 12.3 Å². The van der Waals surface area contributed by atoms with Crippen molar-refractivity contribution in [3.63, 3.8) is 0 Å². The predicted molar refractivity (Wildman–Crippen MR) is 107 cm³/mol. The number of aryl methyl sites for hydroxylation is 1. The quantitative estimate of drug-likeness (QED) is 0.654. The fourth-order valence-corrected chi connectivity index (χ4v) is 5.28. The number of fused-ring (bicyclic) bond motifs is 3. The highest BCUT2D eigenvalue weighted by molar-refractivity contribution is 7.10. The Hall–Kier alpha value is -2.56. The first-order valence-electron chi connectivity index (χ1n) is 9.85. The van der Waals surface area contributed by atoms with Crippen molar-refractivity contribution in [2.24, 2.45) is 11.8 Å². The zero-order chi connectivity index (χ0) is 20.9. The number of halogens is 3. The van der Waals surface area contributed by atoms with Gasteiger partial charge in [0.1, 0.15) is 5.00 Å².